The van der Waals surface area contributed by atoms with Crippen LogP contribution in [-0.4, -0.2) is 43.5 Å². The summed E-state index contributed by atoms with van der Waals surface area (Å²) in [7, 11) is 1.69. The van der Waals surface area contributed by atoms with E-state index in [1.807, 2.05) is 26.0 Å². The molecule has 1 aromatic heterocycles. The van der Waals surface area contributed by atoms with Crippen LogP contribution in [0.3, 0.4) is 0 Å². The third kappa shape index (κ3) is 4.77. The van der Waals surface area contributed by atoms with Crippen molar-refractivity contribution in [1.82, 2.24) is 10.1 Å². The number of hydrogen-bond acceptors (Lipinski definition) is 6. The normalized spacial score (nSPS) is 16.9. The van der Waals surface area contributed by atoms with Crippen molar-refractivity contribution in [2.45, 2.75) is 39.8 Å². The van der Waals surface area contributed by atoms with Crippen LogP contribution in [0.15, 0.2) is 22.7 Å². The van der Waals surface area contributed by atoms with E-state index in [1.165, 1.54) is 0 Å². The Morgan fingerprint density at radius 2 is 2.00 bits per heavy atom. The fourth-order valence-electron chi connectivity index (χ4n) is 3.14. The zero-order valence-corrected chi connectivity index (χ0v) is 15.9. The van der Waals surface area contributed by atoms with Crippen molar-refractivity contribution in [3.63, 3.8) is 0 Å². The van der Waals surface area contributed by atoms with E-state index < -0.39 is 0 Å². The molecule has 0 radical (unpaired) electrons. The molecular weight excluding hydrogens is 332 g/mol. The zero-order chi connectivity index (χ0) is 18.4. The second-order valence-corrected chi connectivity index (χ2v) is 6.65. The highest BCUT2D eigenvalue weighted by Gasteiger charge is 2.17. The lowest BCUT2D eigenvalue weighted by Gasteiger charge is -2.24. The molecule has 1 aromatic carbocycles. The Kier molecular flexibility index (Phi) is 6.52. The largest absolute Gasteiger partial charge is 0.497 e. The Morgan fingerprint density at radius 1 is 1.15 bits per heavy atom. The summed E-state index contributed by atoms with van der Waals surface area (Å²) in [5.41, 5.74) is 3.20. The Hall–Kier alpha value is -2.05. The van der Waals surface area contributed by atoms with Gasteiger partial charge in [-0.15, -0.1) is 0 Å². The Morgan fingerprint density at radius 3 is 2.77 bits per heavy atom. The number of ether oxygens (including phenoxy) is 3. The molecule has 0 atom stereocenters. The predicted octanol–water partition coefficient (Wildman–Crippen LogP) is 3.49. The van der Waals surface area contributed by atoms with Gasteiger partial charge >= 0.3 is 0 Å². The maximum absolute atomic E-state index is 6.02. The molecule has 0 saturated heterocycles. The van der Waals surface area contributed by atoms with Crippen LogP contribution in [0.5, 0.6) is 11.5 Å². The van der Waals surface area contributed by atoms with E-state index >= 15 is 0 Å². The number of benzene rings is 1. The summed E-state index contributed by atoms with van der Waals surface area (Å²) in [5.74, 6) is 2.64. The molecule has 26 heavy (non-hydrogen) atoms. The van der Waals surface area contributed by atoms with Crippen LogP contribution in [0, 0.1) is 13.8 Å². The van der Waals surface area contributed by atoms with Gasteiger partial charge in [0.25, 0.3) is 0 Å². The molecule has 0 bridgehead atoms. The number of fused-ring (bicyclic) bond motifs is 1. The molecule has 1 aliphatic rings. The lowest BCUT2D eigenvalue weighted by Crippen LogP contribution is -2.28. The van der Waals surface area contributed by atoms with Gasteiger partial charge in [0.1, 0.15) is 17.3 Å². The van der Waals surface area contributed by atoms with E-state index in [2.05, 4.69) is 16.1 Å². The minimum absolute atomic E-state index is 0.701. The summed E-state index contributed by atoms with van der Waals surface area (Å²) < 4.78 is 22.5. The van der Waals surface area contributed by atoms with Gasteiger partial charge in [-0.05, 0) is 44.9 Å². The molecule has 142 valence electrons. The van der Waals surface area contributed by atoms with E-state index in [0.29, 0.717) is 13.2 Å². The van der Waals surface area contributed by atoms with Gasteiger partial charge in [0.2, 0.25) is 0 Å². The topological polar surface area (TPSA) is 57.0 Å². The average Bonchev–Trinajstić information content (AvgIpc) is 2.95. The van der Waals surface area contributed by atoms with Crippen molar-refractivity contribution in [3.05, 3.63) is 40.8 Å². The molecule has 0 amide bonds. The Balaban J connectivity index is 1.85. The van der Waals surface area contributed by atoms with E-state index in [1.54, 1.807) is 7.11 Å². The maximum Gasteiger partial charge on any atom is 0.138 e. The molecule has 6 nitrogen and oxygen atoms in total. The summed E-state index contributed by atoms with van der Waals surface area (Å²) >= 11 is 0. The van der Waals surface area contributed by atoms with E-state index in [0.717, 1.165) is 73.2 Å². The van der Waals surface area contributed by atoms with Crippen LogP contribution in [-0.2, 0) is 17.8 Å². The van der Waals surface area contributed by atoms with Crippen LogP contribution in [0.1, 0.15) is 35.4 Å². The molecule has 6 heteroatoms. The number of methoxy groups -OCH3 is 1. The van der Waals surface area contributed by atoms with Crippen molar-refractivity contribution in [1.29, 1.82) is 0 Å². The smallest absolute Gasteiger partial charge is 0.138 e. The molecule has 1 aliphatic heterocycles. The van der Waals surface area contributed by atoms with E-state index in [-0.39, 0.29) is 0 Å². The first-order valence-electron chi connectivity index (χ1n) is 9.19. The molecule has 0 fully saturated rings. The van der Waals surface area contributed by atoms with Crippen molar-refractivity contribution in [3.8, 4) is 11.5 Å². The quantitative estimate of drug-likeness (QED) is 0.835. The standard InChI is InChI=1S/C20H28N2O4/c1-15-19(16(2)26-21-15)14-22-8-11-24-9-4-5-10-25-20-7-6-18(23-3)12-17(20)13-22/h6-7,12H,4-5,8-11,13-14H2,1-3H3. The summed E-state index contributed by atoms with van der Waals surface area (Å²) in [6.45, 7) is 8.48. The highest BCUT2D eigenvalue weighted by atomic mass is 16.5. The lowest BCUT2D eigenvalue weighted by atomic mass is 10.1. The van der Waals surface area contributed by atoms with Crippen LogP contribution in [0.2, 0.25) is 0 Å². The predicted molar refractivity (Wildman–Crippen MR) is 98.6 cm³/mol. The fourth-order valence-corrected chi connectivity index (χ4v) is 3.14. The van der Waals surface area contributed by atoms with Crippen molar-refractivity contribution in [2.24, 2.45) is 0 Å². The van der Waals surface area contributed by atoms with E-state index in [4.69, 9.17) is 18.7 Å². The van der Waals surface area contributed by atoms with Crippen LogP contribution in [0.25, 0.3) is 0 Å². The van der Waals surface area contributed by atoms with Gasteiger partial charge in [0.05, 0.1) is 26.0 Å². The molecular formula is C20H28N2O4. The molecule has 3 rings (SSSR count). The fraction of sp³-hybridized carbons (Fsp3) is 0.550. The van der Waals surface area contributed by atoms with Gasteiger partial charge < -0.3 is 18.7 Å². The number of hydrogen-bond donors (Lipinski definition) is 0. The first-order valence-corrected chi connectivity index (χ1v) is 9.19. The van der Waals surface area contributed by atoms with Gasteiger partial charge in [0.15, 0.2) is 0 Å². The van der Waals surface area contributed by atoms with Crippen molar-refractivity contribution < 1.29 is 18.7 Å². The third-order valence-electron chi connectivity index (χ3n) is 4.72. The van der Waals surface area contributed by atoms with Gasteiger partial charge in [-0.25, -0.2) is 0 Å². The van der Waals surface area contributed by atoms with Crippen molar-refractivity contribution >= 4 is 0 Å². The van der Waals surface area contributed by atoms with Gasteiger partial charge in [0, 0.05) is 37.4 Å². The lowest BCUT2D eigenvalue weighted by molar-refractivity contribution is 0.0907. The number of aromatic nitrogens is 1. The maximum atomic E-state index is 6.02. The monoisotopic (exact) mass is 360 g/mol. The number of aryl methyl sites for hydroxylation is 2. The van der Waals surface area contributed by atoms with Gasteiger partial charge in [-0.2, -0.15) is 0 Å². The average molecular weight is 360 g/mol. The van der Waals surface area contributed by atoms with Crippen molar-refractivity contribution in [2.75, 3.05) is 33.5 Å². The molecule has 0 spiro atoms. The van der Waals surface area contributed by atoms with Gasteiger partial charge in [-0.1, -0.05) is 5.16 Å². The molecule has 0 saturated carbocycles. The van der Waals surface area contributed by atoms with E-state index in [9.17, 15) is 0 Å². The highest BCUT2D eigenvalue weighted by molar-refractivity contribution is 5.40. The SMILES string of the molecule is COc1ccc2c(c1)CN(Cc1c(C)noc1C)CCOCCCCO2. The van der Waals surface area contributed by atoms with Crippen LogP contribution >= 0.6 is 0 Å². The number of nitrogens with zero attached hydrogens (tertiary/aromatic N) is 2. The third-order valence-corrected chi connectivity index (χ3v) is 4.72. The molecule has 2 heterocycles. The molecule has 0 aliphatic carbocycles. The Labute approximate surface area is 155 Å². The summed E-state index contributed by atoms with van der Waals surface area (Å²) in [6.07, 6.45) is 2.00. The minimum atomic E-state index is 0.701. The minimum Gasteiger partial charge on any atom is -0.497 e. The van der Waals surface area contributed by atoms with Gasteiger partial charge in [-0.3, -0.25) is 4.90 Å². The summed E-state index contributed by atoms with van der Waals surface area (Å²) in [4.78, 5) is 2.34. The zero-order valence-electron chi connectivity index (χ0n) is 15.9. The number of rotatable bonds is 3. The first kappa shape index (κ1) is 18.7. The van der Waals surface area contributed by atoms with Crippen LogP contribution in [0.4, 0.5) is 0 Å². The molecule has 0 N–H and O–H groups in total. The Bertz CT molecular complexity index is 694. The second-order valence-electron chi connectivity index (χ2n) is 6.65. The second kappa shape index (κ2) is 9.05. The molecule has 2 aromatic rings. The highest BCUT2D eigenvalue weighted by Crippen LogP contribution is 2.27. The summed E-state index contributed by atoms with van der Waals surface area (Å²) in [6, 6.07) is 6.01. The van der Waals surface area contributed by atoms with Crippen LogP contribution < -0.4 is 9.47 Å². The molecule has 0 unspecified atom stereocenters. The summed E-state index contributed by atoms with van der Waals surface area (Å²) in [5, 5.41) is 4.08. The first-order chi connectivity index (χ1) is 12.7.